The molecule has 0 radical (unpaired) electrons. The number of benzene rings is 2. The molecule has 0 saturated heterocycles. The van der Waals surface area contributed by atoms with E-state index in [2.05, 4.69) is 60.4 Å². The highest BCUT2D eigenvalue weighted by Crippen LogP contribution is 2.19. The lowest BCUT2D eigenvalue weighted by Crippen LogP contribution is -1.90. The molecule has 0 aliphatic heterocycles. The second kappa shape index (κ2) is 5.70. The summed E-state index contributed by atoms with van der Waals surface area (Å²) in [6, 6.07) is 23.4. The fourth-order valence-corrected chi connectivity index (χ4v) is 2.32. The minimum Gasteiger partial charge on any atom is -0.256 e. The first kappa shape index (κ1) is 12.6. The van der Waals surface area contributed by atoms with Gasteiger partial charge in [0.15, 0.2) is 0 Å². The van der Waals surface area contributed by atoms with Crippen molar-refractivity contribution in [3.05, 3.63) is 89.6 Å². The van der Waals surface area contributed by atoms with Crippen molar-refractivity contribution in [2.75, 3.05) is 0 Å². The van der Waals surface area contributed by atoms with Gasteiger partial charge in [-0.2, -0.15) is 0 Å². The molecule has 0 fully saturated rings. The van der Waals surface area contributed by atoms with E-state index in [1.54, 1.807) is 0 Å². The van der Waals surface area contributed by atoms with Crippen molar-refractivity contribution in [3.8, 4) is 11.3 Å². The Bertz CT molecular complexity index is 684. The van der Waals surface area contributed by atoms with Gasteiger partial charge in [0.05, 0.1) is 5.69 Å². The van der Waals surface area contributed by atoms with Crippen LogP contribution in [0.15, 0.2) is 72.9 Å². The highest BCUT2D eigenvalue weighted by molar-refractivity contribution is 5.59. The number of pyridine rings is 1. The summed E-state index contributed by atoms with van der Waals surface area (Å²) in [5.74, 6) is 0. The predicted octanol–water partition coefficient (Wildman–Crippen LogP) is 4.65. The first-order chi connectivity index (χ1) is 9.81. The summed E-state index contributed by atoms with van der Waals surface area (Å²) in [5, 5.41) is 0. The number of rotatable bonds is 3. The molecule has 0 spiro atoms. The van der Waals surface area contributed by atoms with E-state index in [4.69, 9.17) is 0 Å². The minimum absolute atomic E-state index is 0.959. The van der Waals surface area contributed by atoms with Crippen LogP contribution in [0.4, 0.5) is 0 Å². The van der Waals surface area contributed by atoms with Gasteiger partial charge in [-0.25, -0.2) is 0 Å². The van der Waals surface area contributed by atoms with Crippen LogP contribution in [-0.2, 0) is 6.42 Å². The van der Waals surface area contributed by atoms with Crippen molar-refractivity contribution >= 4 is 0 Å². The van der Waals surface area contributed by atoms with E-state index in [-0.39, 0.29) is 0 Å². The normalized spacial score (nSPS) is 10.4. The van der Waals surface area contributed by atoms with Gasteiger partial charge in [0.25, 0.3) is 0 Å². The lowest BCUT2D eigenvalue weighted by atomic mass is 10.0. The van der Waals surface area contributed by atoms with Crippen LogP contribution in [0.2, 0.25) is 0 Å². The van der Waals surface area contributed by atoms with E-state index in [0.29, 0.717) is 0 Å². The van der Waals surface area contributed by atoms with E-state index in [9.17, 15) is 0 Å². The summed E-state index contributed by atoms with van der Waals surface area (Å²) in [6.45, 7) is 2.12. The van der Waals surface area contributed by atoms with Crippen molar-refractivity contribution < 1.29 is 0 Å². The average Bonchev–Trinajstić information content (AvgIpc) is 2.51. The van der Waals surface area contributed by atoms with Crippen LogP contribution in [0.5, 0.6) is 0 Å². The third-order valence-electron chi connectivity index (χ3n) is 3.42. The minimum atomic E-state index is 0.959. The molecule has 98 valence electrons. The van der Waals surface area contributed by atoms with Crippen molar-refractivity contribution in [1.29, 1.82) is 0 Å². The van der Waals surface area contributed by atoms with E-state index in [0.717, 1.165) is 12.1 Å². The molecular formula is C19H17N. The lowest BCUT2D eigenvalue weighted by molar-refractivity contribution is 1.18. The molecule has 1 nitrogen and oxygen atoms in total. The molecule has 0 aliphatic carbocycles. The van der Waals surface area contributed by atoms with Crippen molar-refractivity contribution in [3.63, 3.8) is 0 Å². The third kappa shape index (κ3) is 2.94. The fraction of sp³-hybridized carbons (Fsp3) is 0.105. The Morgan fingerprint density at radius 3 is 2.40 bits per heavy atom. The van der Waals surface area contributed by atoms with Gasteiger partial charge >= 0.3 is 0 Å². The number of aryl methyl sites for hydroxylation is 1. The van der Waals surface area contributed by atoms with E-state index in [1.807, 2.05) is 24.4 Å². The van der Waals surface area contributed by atoms with Crippen molar-refractivity contribution in [2.45, 2.75) is 13.3 Å². The summed E-state index contributed by atoms with van der Waals surface area (Å²) in [4.78, 5) is 4.41. The maximum absolute atomic E-state index is 4.41. The summed E-state index contributed by atoms with van der Waals surface area (Å²) in [7, 11) is 0. The van der Waals surface area contributed by atoms with Crippen LogP contribution in [0.3, 0.4) is 0 Å². The molecule has 1 aromatic heterocycles. The molecular weight excluding hydrogens is 242 g/mol. The van der Waals surface area contributed by atoms with Crippen LogP contribution in [0.25, 0.3) is 11.3 Å². The van der Waals surface area contributed by atoms with E-state index in [1.165, 1.54) is 22.3 Å². The molecule has 0 saturated carbocycles. The first-order valence-electron chi connectivity index (χ1n) is 6.87. The zero-order valence-corrected chi connectivity index (χ0v) is 11.6. The van der Waals surface area contributed by atoms with Gasteiger partial charge in [0.2, 0.25) is 0 Å². The summed E-state index contributed by atoms with van der Waals surface area (Å²) in [5.41, 5.74) is 6.16. The zero-order chi connectivity index (χ0) is 13.8. The van der Waals surface area contributed by atoms with Crippen LogP contribution in [0.1, 0.15) is 16.7 Å². The standard InChI is InChI=1S/C19H17N/c1-15-8-10-16(11-9-15)13-17-5-4-6-18(14-17)19-7-2-3-12-20-19/h2-12,14H,13H2,1H3. The van der Waals surface area contributed by atoms with Crippen molar-refractivity contribution in [2.24, 2.45) is 0 Å². The molecule has 0 unspecified atom stereocenters. The van der Waals surface area contributed by atoms with Crippen LogP contribution >= 0.6 is 0 Å². The number of hydrogen-bond donors (Lipinski definition) is 0. The van der Waals surface area contributed by atoms with Crippen LogP contribution in [-0.4, -0.2) is 4.98 Å². The van der Waals surface area contributed by atoms with Gasteiger partial charge in [-0.3, -0.25) is 4.98 Å². The van der Waals surface area contributed by atoms with Crippen molar-refractivity contribution in [1.82, 2.24) is 4.98 Å². The zero-order valence-electron chi connectivity index (χ0n) is 11.6. The van der Waals surface area contributed by atoms with Gasteiger partial charge in [-0.1, -0.05) is 54.1 Å². The number of hydrogen-bond acceptors (Lipinski definition) is 1. The highest BCUT2D eigenvalue weighted by Gasteiger charge is 2.01. The molecule has 0 amide bonds. The molecule has 0 aliphatic rings. The van der Waals surface area contributed by atoms with E-state index < -0.39 is 0 Å². The van der Waals surface area contributed by atoms with Gasteiger partial charge in [0, 0.05) is 11.8 Å². The maximum atomic E-state index is 4.41. The average molecular weight is 259 g/mol. The predicted molar refractivity (Wildman–Crippen MR) is 83.7 cm³/mol. The summed E-state index contributed by atoms with van der Waals surface area (Å²) >= 11 is 0. The second-order valence-corrected chi connectivity index (χ2v) is 5.08. The largest absolute Gasteiger partial charge is 0.256 e. The molecule has 20 heavy (non-hydrogen) atoms. The van der Waals surface area contributed by atoms with Gasteiger partial charge in [-0.15, -0.1) is 0 Å². The molecule has 3 rings (SSSR count). The second-order valence-electron chi connectivity index (χ2n) is 5.08. The van der Waals surface area contributed by atoms with Gasteiger partial charge < -0.3 is 0 Å². The van der Waals surface area contributed by atoms with Crippen LogP contribution in [0, 0.1) is 6.92 Å². The highest BCUT2D eigenvalue weighted by atomic mass is 14.7. The van der Waals surface area contributed by atoms with E-state index >= 15 is 0 Å². The molecule has 1 heteroatoms. The topological polar surface area (TPSA) is 12.9 Å². The molecule has 1 heterocycles. The number of nitrogens with zero attached hydrogens (tertiary/aromatic N) is 1. The van der Waals surface area contributed by atoms with Crippen LogP contribution < -0.4 is 0 Å². The molecule has 2 aromatic carbocycles. The van der Waals surface area contributed by atoms with Gasteiger partial charge in [0.1, 0.15) is 0 Å². The smallest absolute Gasteiger partial charge is 0.0702 e. The Balaban J connectivity index is 1.86. The summed E-state index contributed by atoms with van der Waals surface area (Å²) in [6.07, 6.45) is 2.79. The quantitative estimate of drug-likeness (QED) is 0.667. The third-order valence-corrected chi connectivity index (χ3v) is 3.42. The monoisotopic (exact) mass is 259 g/mol. The Morgan fingerprint density at radius 1 is 0.800 bits per heavy atom. The molecule has 0 bridgehead atoms. The fourth-order valence-electron chi connectivity index (χ4n) is 2.32. The Labute approximate surface area is 119 Å². The summed E-state index contributed by atoms with van der Waals surface area (Å²) < 4.78 is 0. The Morgan fingerprint density at radius 2 is 1.65 bits per heavy atom. The first-order valence-corrected chi connectivity index (χ1v) is 6.87. The SMILES string of the molecule is Cc1ccc(Cc2cccc(-c3ccccn3)c2)cc1. The van der Waals surface area contributed by atoms with Gasteiger partial charge in [-0.05, 0) is 42.7 Å². The molecule has 3 aromatic rings. The molecule has 0 N–H and O–H groups in total. The Kier molecular flexibility index (Phi) is 3.60. The Hall–Kier alpha value is -2.41. The molecule has 0 atom stereocenters. The lowest BCUT2D eigenvalue weighted by Gasteiger charge is -2.06. The maximum Gasteiger partial charge on any atom is 0.0702 e. The number of aromatic nitrogens is 1.